The molecule has 9 nitrogen and oxygen atoms in total. The molecule has 158 valence electrons. The van der Waals surface area contributed by atoms with Crippen LogP contribution in [-0.2, 0) is 17.8 Å². The van der Waals surface area contributed by atoms with E-state index in [1.54, 1.807) is 12.4 Å². The monoisotopic (exact) mass is 418 g/mol. The number of nitrogens with zero attached hydrogens (tertiary/aromatic N) is 6. The lowest BCUT2D eigenvalue weighted by atomic mass is 9.94. The van der Waals surface area contributed by atoms with Gasteiger partial charge in [-0.2, -0.15) is 10.1 Å². The molecule has 0 spiro atoms. The summed E-state index contributed by atoms with van der Waals surface area (Å²) < 4.78 is 7.43. The van der Waals surface area contributed by atoms with E-state index in [2.05, 4.69) is 34.1 Å². The molecule has 0 bridgehead atoms. The molecule has 0 saturated heterocycles. The Hall–Kier alpha value is -3.59. The summed E-state index contributed by atoms with van der Waals surface area (Å²) in [5, 5.41) is 18.6. The molecule has 4 heterocycles. The molecule has 31 heavy (non-hydrogen) atoms. The highest BCUT2D eigenvalue weighted by Gasteiger charge is 2.23. The molecular weight excluding hydrogens is 396 g/mol. The van der Waals surface area contributed by atoms with Crippen LogP contribution in [0.1, 0.15) is 31.0 Å². The fourth-order valence-corrected chi connectivity index (χ4v) is 4.09. The Balaban J connectivity index is 1.45. The summed E-state index contributed by atoms with van der Waals surface area (Å²) in [6.45, 7) is 5.45. The Morgan fingerprint density at radius 3 is 2.97 bits per heavy atom. The van der Waals surface area contributed by atoms with E-state index in [9.17, 15) is 4.79 Å². The second-order valence-corrected chi connectivity index (χ2v) is 8.04. The Morgan fingerprint density at radius 2 is 2.16 bits per heavy atom. The maximum Gasteiger partial charge on any atom is 0.317 e. The van der Waals surface area contributed by atoms with E-state index >= 15 is 0 Å². The van der Waals surface area contributed by atoms with Crippen LogP contribution in [0.2, 0.25) is 0 Å². The van der Waals surface area contributed by atoms with Crippen LogP contribution in [0, 0.1) is 0 Å². The molecule has 0 radical (unpaired) electrons. The maximum absolute atomic E-state index is 11.0. The predicted molar refractivity (Wildman–Crippen MR) is 113 cm³/mol. The lowest BCUT2D eigenvalue weighted by Gasteiger charge is -2.28. The lowest BCUT2D eigenvalue weighted by molar-refractivity contribution is -0.138. The number of carboxylic acids is 1. The molecule has 3 aromatic heterocycles. The molecular formula is C22H22N6O3. The molecule has 0 fully saturated rings. The van der Waals surface area contributed by atoms with Gasteiger partial charge in [0.05, 0.1) is 18.3 Å². The highest BCUT2D eigenvalue weighted by molar-refractivity contribution is 5.79. The van der Waals surface area contributed by atoms with Crippen molar-refractivity contribution < 1.29 is 14.4 Å². The van der Waals surface area contributed by atoms with Crippen molar-refractivity contribution >= 4 is 17.0 Å². The Bertz CT molecular complexity index is 1280. The normalized spacial score (nSPS) is 14.3. The number of carboxylic acid groups (broad SMARTS) is 1. The van der Waals surface area contributed by atoms with Crippen molar-refractivity contribution in [2.75, 3.05) is 13.1 Å². The molecule has 0 aliphatic carbocycles. The van der Waals surface area contributed by atoms with Crippen molar-refractivity contribution in [1.82, 2.24) is 29.8 Å². The van der Waals surface area contributed by atoms with Gasteiger partial charge in [0.25, 0.3) is 5.89 Å². The Kier molecular flexibility index (Phi) is 4.74. The zero-order chi connectivity index (χ0) is 21.5. The number of pyridine rings is 1. The molecule has 1 aliphatic heterocycles. The molecule has 0 atom stereocenters. The Morgan fingerprint density at radius 1 is 1.29 bits per heavy atom. The lowest BCUT2D eigenvalue weighted by Crippen LogP contribution is -2.34. The minimum absolute atomic E-state index is 0.0406. The summed E-state index contributed by atoms with van der Waals surface area (Å²) in [5.41, 5.74) is 4.72. The quantitative estimate of drug-likeness (QED) is 0.526. The van der Waals surface area contributed by atoms with Crippen LogP contribution in [-0.4, -0.2) is 54.0 Å². The van der Waals surface area contributed by atoms with Gasteiger partial charge in [-0.3, -0.25) is 9.69 Å². The van der Waals surface area contributed by atoms with Gasteiger partial charge in [0.15, 0.2) is 5.65 Å². The number of benzene rings is 1. The van der Waals surface area contributed by atoms with Gasteiger partial charge in [-0.25, -0.2) is 9.67 Å². The van der Waals surface area contributed by atoms with Crippen molar-refractivity contribution in [1.29, 1.82) is 0 Å². The first-order valence-electron chi connectivity index (χ1n) is 10.2. The summed E-state index contributed by atoms with van der Waals surface area (Å²) in [6, 6.07) is 8.13. The van der Waals surface area contributed by atoms with Gasteiger partial charge in [-0.1, -0.05) is 23.4 Å². The van der Waals surface area contributed by atoms with Crippen LogP contribution in [0.25, 0.3) is 33.9 Å². The molecule has 4 aromatic rings. The van der Waals surface area contributed by atoms with Crippen molar-refractivity contribution in [2.45, 2.75) is 32.9 Å². The molecule has 5 rings (SSSR count). The summed E-state index contributed by atoms with van der Waals surface area (Å²) in [7, 11) is 0. The largest absolute Gasteiger partial charge is 0.480 e. The summed E-state index contributed by atoms with van der Waals surface area (Å²) in [4.78, 5) is 22.1. The van der Waals surface area contributed by atoms with Gasteiger partial charge in [0.2, 0.25) is 5.82 Å². The highest BCUT2D eigenvalue weighted by atomic mass is 16.5. The third kappa shape index (κ3) is 3.57. The van der Waals surface area contributed by atoms with Crippen LogP contribution in [0.5, 0.6) is 0 Å². The van der Waals surface area contributed by atoms with Gasteiger partial charge in [-0.05, 0) is 37.5 Å². The van der Waals surface area contributed by atoms with E-state index in [-0.39, 0.29) is 12.6 Å². The van der Waals surface area contributed by atoms with Crippen LogP contribution in [0.4, 0.5) is 0 Å². The van der Waals surface area contributed by atoms with Gasteiger partial charge in [0.1, 0.15) is 0 Å². The molecule has 1 aliphatic rings. The molecule has 0 saturated carbocycles. The second kappa shape index (κ2) is 7.59. The summed E-state index contributed by atoms with van der Waals surface area (Å²) in [5.74, 6) is 0.117. The molecule has 0 unspecified atom stereocenters. The van der Waals surface area contributed by atoms with Crippen molar-refractivity contribution in [3.63, 3.8) is 0 Å². The average molecular weight is 418 g/mol. The summed E-state index contributed by atoms with van der Waals surface area (Å²) in [6.07, 6.45) is 4.26. The predicted octanol–water partition coefficient (Wildman–Crippen LogP) is 3.17. The number of hydrogen-bond donors (Lipinski definition) is 1. The van der Waals surface area contributed by atoms with Gasteiger partial charge in [0, 0.05) is 36.3 Å². The van der Waals surface area contributed by atoms with Crippen LogP contribution < -0.4 is 0 Å². The van der Waals surface area contributed by atoms with E-state index in [0.717, 1.165) is 39.7 Å². The van der Waals surface area contributed by atoms with Crippen LogP contribution in [0.15, 0.2) is 41.2 Å². The molecule has 1 N–H and O–H groups in total. The van der Waals surface area contributed by atoms with Gasteiger partial charge >= 0.3 is 5.97 Å². The zero-order valence-electron chi connectivity index (χ0n) is 17.3. The number of aromatic nitrogens is 5. The van der Waals surface area contributed by atoms with Crippen molar-refractivity contribution in [2.24, 2.45) is 0 Å². The highest BCUT2D eigenvalue weighted by Crippen LogP contribution is 2.30. The van der Waals surface area contributed by atoms with Crippen LogP contribution >= 0.6 is 0 Å². The van der Waals surface area contributed by atoms with E-state index in [1.807, 2.05) is 33.8 Å². The number of hydrogen-bond acceptors (Lipinski definition) is 7. The average Bonchev–Trinajstić information content (AvgIpc) is 3.39. The number of aliphatic carboxylic acids is 1. The maximum atomic E-state index is 11.0. The third-order valence-corrected chi connectivity index (χ3v) is 5.54. The zero-order valence-corrected chi connectivity index (χ0v) is 17.3. The van der Waals surface area contributed by atoms with E-state index in [4.69, 9.17) is 9.63 Å². The fourth-order valence-electron chi connectivity index (χ4n) is 4.09. The molecule has 0 amide bonds. The smallest absolute Gasteiger partial charge is 0.317 e. The van der Waals surface area contributed by atoms with Crippen LogP contribution in [0.3, 0.4) is 0 Å². The second-order valence-electron chi connectivity index (χ2n) is 8.04. The minimum Gasteiger partial charge on any atom is -0.480 e. The SMILES string of the molecule is CC(C)n1ncc2cc(-c3nc(-c4cccc5c4CCN(CC(=O)O)C5)no3)cnc21. The first kappa shape index (κ1) is 19.4. The minimum atomic E-state index is -0.813. The first-order chi connectivity index (χ1) is 15.0. The van der Waals surface area contributed by atoms with E-state index in [0.29, 0.717) is 24.8 Å². The van der Waals surface area contributed by atoms with Crippen molar-refractivity contribution in [3.05, 3.63) is 47.8 Å². The van der Waals surface area contributed by atoms with Gasteiger partial charge < -0.3 is 9.63 Å². The van der Waals surface area contributed by atoms with E-state index in [1.165, 1.54) is 0 Å². The number of carbonyl (C=O) groups is 1. The van der Waals surface area contributed by atoms with E-state index < -0.39 is 5.97 Å². The van der Waals surface area contributed by atoms with Gasteiger partial charge in [-0.15, -0.1) is 0 Å². The fraction of sp³-hybridized carbons (Fsp3) is 0.318. The summed E-state index contributed by atoms with van der Waals surface area (Å²) >= 11 is 0. The Labute approximate surface area is 178 Å². The number of rotatable bonds is 5. The van der Waals surface area contributed by atoms with Crippen molar-refractivity contribution in [3.8, 4) is 22.8 Å². The molecule has 1 aromatic carbocycles. The first-order valence-corrected chi connectivity index (χ1v) is 10.2. The topological polar surface area (TPSA) is 110 Å². The standard InChI is InChI=1S/C22H22N6O3/c1-13(2)28-21-15(10-24-28)8-16(9-23-21)22-25-20(26-31-22)18-5-3-4-14-11-27(12-19(29)30)7-6-17(14)18/h3-5,8-10,13H,6-7,11-12H2,1-2H3,(H,29,30). The number of fused-ring (bicyclic) bond motifs is 2. The third-order valence-electron chi connectivity index (χ3n) is 5.54. The molecule has 9 heteroatoms.